The Hall–Kier alpha value is -1.11. The van der Waals surface area contributed by atoms with Crippen molar-refractivity contribution in [2.75, 3.05) is 0 Å². The zero-order valence-corrected chi connectivity index (χ0v) is 8.24. The van der Waals surface area contributed by atoms with E-state index in [1.807, 2.05) is 0 Å². The van der Waals surface area contributed by atoms with E-state index in [-0.39, 0.29) is 5.69 Å². The lowest BCUT2D eigenvalue weighted by Crippen LogP contribution is -2.26. The fourth-order valence-corrected chi connectivity index (χ4v) is 1.48. The molecule has 0 spiro atoms. The third kappa shape index (κ3) is 3.33. The third-order valence-corrected chi connectivity index (χ3v) is 2.47. The fourth-order valence-electron chi connectivity index (χ4n) is 0.906. The molecule has 0 bridgehead atoms. The Bertz CT molecular complexity index is 313. The summed E-state index contributed by atoms with van der Waals surface area (Å²) in [7, 11) is 0. The summed E-state index contributed by atoms with van der Waals surface area (Å²) >= 11 is 1.38. The fraction of sp³-hybridized carbons (Fsp3) is 0.250. The van der Waals surface area contributed by atoms with Crippen molar-refractivity contribution in [1.82, 2.24) is 0 Å². The van der Waals surface area contributed by atoms with E-state index in [4.69, 9.17) is 11.5 Å². The van der Waals surface area contributed by atoms with E-state index in [9.17, 15) is 10.1 Å². The van der Waals surface area contributed by atoms with Crippen LogP contribution in [0.2, 0.25) is 0 Å². The second-order valence-electron chi connectivity index (χ2n) is 2.70. The van der Waals surface area contributed by atoms with Crippen LogP contribution >= 0.6 is 11.8 Å². The molecule has 1 rings (SSSR count). The van der Waals surface area contributed by atoms with E-state index in [1.165, 1.54) is 23.9 Å². The summed E-state index contributed by atoms with van der Waals surface area (Å²) in [5.74, 6) is 0.662. The Kier molecular flexibility index (Phi) is 3.87. The zero-order valence-electron chi connectivity index (χ0n) is 7.42. The van der Waals surface area contributed by atoms with Gasteiger partial charge in [-0.25, -0.2) is 0 Å². The molecule has 0 aromatic heterocycles. The van der Waals surface area contributed by atoms with Crippen LogP contribution in [0.4, 0.5) is 5.69 Å². The van der Waals surface area contributed by atoms with Gasteiger partial charge < -0.3 is 11.5 Å². The van der Waals surface area contributed by atoms with E-state index in [0.717, 1.165) is 5.56 Å². The van der Waals surface area contributed by atoms with Crippen LogP contribution in [0.3, 0.4) is 0 Å². The number of nitrogens with zero attached hydrogens (tertiary/aromatic N) is 1. The maximum absolute atomic E-state index is 10.3. The molecular formula is C8H11N3O2S. The van der Waals surface area contributed by atoms with Crippen LogP contribution in [0.25, 0.3) is 0 Å². The Labute approximate surface area is 85.6 Å². The summed E-state index contributed by atoms with van der Waals surface area (Å²) in [6.07, 6.45) is 0. The van der Waals surface area contributed by atoms with E-state index >= 15 is 0 Å². The molecule has 0 saturated heterocycles. The highest BCUT2D eigenvalue weighted by Crippen LogP contribution is 2.16. The standard InChI is InChI=1S/C8H11N3O2S/c9-8(10)14-5-6-1-3-7(4-2-6)11(12)13/h1-4,8H,5,9-10H2. The van der Waals surface area contributed by atoms with Crippen LogP contribution in [0.5, 0.6) is 0 Å². The molecule has 0 heterocycles. The SMILES string of the molecule is NC(N)SCc1ccc([N+](=O)[O-])cc1. The number of hydrogen-bond donors (Lipinski definition) is 2. The summed E-state index contributed by atoms with van der Waals surface area (Å²) in [5.41, 5.74) is 11.4. The maximum Gasteiger partial charge on any atom is 0.269 e. The van der Waals surface area contributed by atoms with E-state index in [0.29, 0.717) is 5.75 Å². The summed E-state index contributed by atoms with van der Waals surface area (Å²) in [5, 5.41) is 10.3. The Morgan fingerprint density at radius 2 is 1.93 bits per heavy atom. The molecule has 0 aliphatic heterocycles. The molecule has 1 aromatic carbocycles. The molecule has 76 valence electrons. The van der Waals surface area contributed by atoms with Crippen molar-refractivity contribution in [2.45, 2.75) is 11.3 Å². The van der Waals surface area contributed by atoms with Gasteiger partial charge >= 0.3 is 0 Å². The lowest BCUT2D eigenvalue weighted by atomic mass is 10.2. The van der Waals surface area contributed by atoms with Crippen LogP contribution in [-0.4, -0.2) is 10.4 Å². The number of hydrogen-bond acceptors (Lipinski definition) is 5. The van der Waals surface area contributed by atoms with Crippen molar-refractivity contribution in [3.63, 3.8) is 0 Å². The molecule has 0 unspecified atom stereocenters. The molecule has 6 heteroatoms. The van der Waals surface area contributed by atoms with E-state index in [2.05, 4.69) is 0 Å². The second-order valence-corrected chi connectivity index (χ2v) is 3.87. The Morgan fingerprint density at radius 1 is 1.36 bits per heavy atom. The predicted octanol–water partition coefficient (Wildman–Crippen LogP) is 1.03. The highest BCUT2D eigenvalue weighted by Gasteiger charge is 2.04. The average molecular weight is 213 g/mol. The molecule has 0 amide bonds. The van der Waals surface area contributed by atoms with Gasteiger partial charge in [-0.15, -0.1) is 11.8 Å². The van der Waals surface area contributed by atoms with Gasteiger partial charge in [0.2, 0.25) is 0 Å². The number of nitrogens with two attached hydrogens (primary N) is 2. The van der Waals surface area contributed by atoms with Gasteiger partial charge in [0.25, 0.3) is 5.69 Å². The molecule has 0 aliphatic rings. The molecule has 5 nitrogen and oxygen atoms in total. The molecule has 0 radical (unpaired) electrons. The van der Waals surface area contributed by atoms with Crippen molar-refractivity contribution in [1.29, 1.82) is 0 Å². The van der Waals surface area contributed by atoms with Crippen LogP contribution < -0.4 is 11.5 Å². The number of non-ortho nitro benzene ring substituents is 1. The first-order valence-electron chi connectivity index (χ1n) is 3.95. The van der Waals surface area contributed by atoms with Crippen LogP contribution in [-0.2, 0) is 5.75 Å². The zero-order chi connectivity index (χ0) is 10.6. The van der Waals surface area contributed by atoms with Crippen LogP contribution in [0, 0.1) is 10.1 Å². The van der Waals surface area contributed by atoms with E-state index < -0.39 is 10.4 Å². The minimum absolute atomic E-state index is 0.0933. The van der Waals surface area contributed by atoms with Crippen molar-refractivity contribution < 1.29 is 4.92 Å². The molecule has 14 heavy (non-hydrogen) atoms. The first-order chi connectivity index (χ1) is 6.59. The predicted molar refractivity (Wildman–Crippen MR) is 56.6 cm³/mol. The monoisotopic (exact) mass is 213 g/mol. The van der Waals surface area contributed by atoms with Crippen LogP contribution in [0.1, 0.15) is 5.56 Å². The summed E-state index contributed by atoms with van der Waals surface area (Å²) in [4.78, 5) is 9.91. The normalized spacial score (nSPS) is 10.5. The topological polar surface area (TPSA) is 95.2 Å². The van der Waals surface area contributed by atoms with E-state index in [1.54, 1.807) is 12.1 Å². The molecule has 0 saturated carbocycles. The lowest BCUT2D eigenvalue weighted by molar-refractivity contribution is -0.384. The number of rotatable bonds is 4. The molecule has 0 fully saturated rings. The van der Waals surface area contributed by atoms with Gasteiger partial charge in [-0.2, -0.15) is 0 Å². The van der Waals surface area contributed by atoms with Gasteiger partial charge in [-0.3, -0.25) is 10.1 Å². The van der Waals surface area contributed by atoms with Crippen molar-refractivity contribution in [3.05, 3.63) is 39.9 Å². The third-order valence-electron chi connectivity index (χ3n) is 1.59. The van der Waals surface area contributed by atoms with Gasteiger partial charge in [0.15, 0.2) is 0 Å². The largest absolute Gasteiger partial charge is 0.307 e. The number of thioether (sulfide) groups is 1. The number of benzene rings is 1. The molecule has 1 aromatic rings. The van der Waals surface area contributed by atoms with Crippen molar-refractivity contribution in [3.8, 4) is 0 Å². The van der Waals surface area contributed by atoms with Gasteiger partial charge in [-0.05, 0) is 5.56 Å². The summed E-state index contributed by atoms with van der Waals surface area (Å²) in [6, 6.07) is 6.34. The average Bonchev–Trinajstić information content (AvgIpc) is 2.15. The maximum atomic E-state index is 10.3. The smallest absolute Gasteiger partial charge is 0.269 e. The molecule has 0 atom stereocenters. The first-order valence-corrected chi connectivity index (χ1v) is 5.00. The minimum atomic E-state index is -0.425. The van der Waals surface area contributed by atoms with Gasteiger partial charge in [-0.1, -0.05) is 12.1 Å². The molecular weight excluding hydrogens is 202 g/mol. The highest BCUT2D eigenvalue weighted by molar-refractivity contribution is 7.99. The molecule has 4 N–H and O–H groups in total. The van der Waals surface area contributed by atoms with Gasteiger partial charge in [0.1, 0.15) is 5.50 Å². The lowest BCUT2D eigenvalue weighted by Gasteiger charge is -2.04. The Balaban J connectivity index is 2.60. The van der Waals surface area contributed by atoms with Gasteiger partial charge in [0, 0.05) is 17.9 Å². The molecule has 0 aliphatic carbocycles. The van der Waals surface area contributed by atoms with Crippen LogP contribution in [0.15, 0.2) is 24.3 Å². The number of nitro groups is 1. The van der Waals surface area contributed by atoms with Gasteiger partial charge in [0.05, 0.1) is 4.92 Å². The Morgan fingerprint density at radius 3 is 2.36 bits per heavy atom. The minimum Gasteiger partial charge on any atom is -0.307 e. The first kappa shape index (κ1) is 11.0. The van der Waals surface area contributed by atoms with Crippen molar-refractivity contribution >= 4 is 17.4 Å². The van der Waals surface area contributed by atoms with Crippen molar-refractivity contribution in [2.24, 2.45) is 11.5 Å². The second kappa shape index (κ2) is 4.94. The summed E-state index contributed by atoms with van der Waals surface area (Å²) < 4.78 is 0. The highest BCUT2D eigenvalue weighted by atomic mass is 32.2. The quantitative estimate of drug-likeness (QED) is 0.442. The summed E-state index contributed by atoms with van der Waals surface area (Å²) in [6.45, 7) is 0. The number of nitro benzene ring substituents is 1.